The summed E-state index contributed by atoms with van der Waals surface area (Å²) in [7, 11) is 0. The molecule has 1 atom stereocenters. The van der Waals surface area contributed by atoms with Crippen molar-refractivity contribution < 1.29 is 9.84 Å². The third-order valence-electron chi connectivity index (χ3n) is 3.11. The Bertz CT molecular complexity index is 484. The molecule has 2 N–H and O–H groups in total. The van der Waals surface area contributed by atoms with Gasteiger partial charge in [-0.25, -0.2) is 0 Å². The highest BCUT2D eigenvalue weighted by Gasteiger charge is 2.25. The molecule has 0 saturated carbocycles. The Morgan fingerprint density at radius 1 is 1.18 bits per heavy atom. The molecule has 0 fully saturated rings. The molecular weight excluding hydrogens is 321 g/mol. The van der Waals surface area contributed by atoms with Crippen LogP contribution in [-0.4, -0.2) is 29.9 Å². The molecule has 0 aliphatic heterocycles. The molecule has 0 bridgehead atoms. The Labute approximate surface area is 144 Å². The number of hydrogen-bond acceptors (Lipinski definition) is 3. The number of aliphatic hydroxyl groups is 1. The highest BCUT2D eigenvalue weighted by molar-refractivity contribution is 6.35. The average Bonchev–Trinajstić information content (AvgIpc) is 2.32. The lowest BCUT2D eigenvalue weighted by atomic mass is 9.82. The van der Waals surface area contributed by atoms with E-state index in [0.29, 0.717) is 22.3 Å². The summed E-state index contributed by atoms with van der Waals surface area (Å²) in [4.78, 5) is 0. The van der Waals surface area contributed by atoms with Crippen molar-refractivity contribution in [1.82, 2.24) is 5.32 Å². The third-order valence-corrected chi connectivity index (χ3v) is 3.64. The standard InChI is InChI=1S/C17H27Cl2NO2/c1-16(2,3)11-17(4,5)20-9-13(21)10-22-15-7-6-12(18)8-14(15)19/h6-8,13,20-21H,9-11H2,1-5H3/t13-/m0/s1. The van der Waals surface area contributed by atoms with Crippen LogP contribution in [0.1, 0.15) is 41.0 Å². The van der Waals surface area contributed by atoms with Gasteiger partial charge >= 0.3 is 0 Å². The van der Waals surface area contributed by atoms with E-state index in [9.17, 15) is 5.11 Å². The molecule has 0 aliphatic rings. The quantitative estimate of drug-likeness (QED) is 0.760. The van der Waals surface area contributed by atoms with Crippen LogP contribution in [0.3, 0.4) is 0 Å². The zero-order chi connectivity index (χ0) is 17.0. The molecule has 1 aromatic rings. The second-order valence-corrected chi connectivity index (χ2v) is 8.39. The fraction of sp³-hybridized carbons (Fsp3) is 0.647. The summed E-state index contributed by atoms with van der Waals surface area (Å²) in [5, 5.41) is 14.5. The Balaban J connectivity index is 2.42. The molecule has 0 heterocycles. The molecule has 0 radical (unpaired) electrons. The summed E-state index contributed by atoms with van der Waals surface area (Å²) in [6, 6.07) is 5.03. The third kappa shape index (κ3) is 7.68. The molecule has 0 spiro atoms. The molecular formula is C17H27Cl2NO2. The average molecular weight is 348 g/mol. The maximum atomic E-state index is 10.1. The lowest BCUT2D eigenvalue weighted by Gasteiger charge is -2.34. The lowest BCUT2D eigenvalue weighted by molar-refractivity contribution is 0.0944. The van der Waals surface area contributed by atoms with Crippen LogP contribution in [0.5, 0.6) is 5.75 Å². The minimum absolute atomic E-state index is 0.0445. The van der Waals surface area contributed by atoms with Gasteiger partial charge in [0.2, 0.25) is 0 Å². The van der Waals surface area contributed by atoms with Crippen LogP contribution in [0.4, 0.5) is 0 Å². The molecule has 1 rings (SSSR count). The van der Waals surface area contributed by atoms with E-state index in [1.54, 1.807) is 18.2 Å². The van der Waals surface area contributed by atoms with Gasteiger partial charge in [0, 0.05) is 17.1 Å². The molecule has 0 unspecified atom stereocenters. The fourth-order valence-corrected chi connectivity index (χ4v) is 3.08. The molecule has 0 amide bonds. The van der Waals surface area contributed by atoms with Crippen molar-refractivity contribution in [1.29, 1.82) is 0 Å². The predicted molar refractivity (Wildman–Crippen MR) is 94.1 cm³/mol. The van der Waals surface area contributed by atoms with Crippen LogP contribution in [0.15, 0.2) is 18.2 Å². The lowest BCUT2D eigenvalue weighted by Crippen LogP contribution is -2.46. The van der Waals surface area contributed by atoms with Crippen LogP contribution in [0.25, 0.3) is 0 Å². The minimum atomic E-state index is -0.606. The molecule has 1 aromatic carbocycles. The molecule has 0 saturated heterocycles. The van der Waals surface area contributed by atoms with Crippen LogP contribution < -0.4 is 10.1 Å². The Kier molecular flexibility index (Phi) is 7.00. The second-order valence-electron chi connectivity index (χ2n) is 7.54. The number of benzene rings is 1. The van der Waals surface area contributed by atoms with E-state index >= 15 is 0 Å². The van der Waals surface area contributed by atoms with Crippen LogP contribution >= 0.6 is 23.2 Å². The van der Waals surface area contributed by atoms with Gasteiger partial charge in [0.25, 0.3) is 0 Å². The van der Waals surface area contributed by atoms with Gasteiger partial charge in [-0.15, -0.1) is 0 Å². The number of halogens is 2. The van der Waals surface area contributed by atoms with E-state index in [4.69, 9.17) is 27.9 Å². The summed E-state index contributed by atoms with van der Waals surface area (Å²) in [6.45, 7) is 11.5. The van der Waals surface area contributed by atoms with Gasteiger partial charge in [-0.2, -0.15) is 0 Å². The van der Waals surface area contributed by atoms with Crippen molar-refractivity contribution >= 4 is 23.2 Å². The van der Waals surface area contributed by atoms with Crippen molar-refractivity contribution in [2.75, 3.05) is 13.2 Å². The van der Waals surface area contributed by atoms with E-state index in [-0.39, 0.29) is 17.6 Å². The van der Waals surface area contributed by atoms with Gasteiger partial charge in [0.05, 0.1) is 5.02 Å². The Morgan fingerprint density at radius 3 is 2.36 bits per heavy atom. The smallest absolute Gasteiger partial charge is 0.138 e. The van der Waals surface area contributed by atoms with Crippen molar-refractivity contribution in [3.8, 4) is 5.75 Å². The summed E-state index contributed by atoms with van der Waals surface area (Å²) >= 11 is 11.9. The van der Waals surface area contributed by atoms with E-state index in [1.165, 1.54) is 0 Å². The number of nitrogens with one attached hydrogen (secondary N) is 1. The second kappa shape index (κ2) is 7.87. The van der Waals surface area contributed by atoms with Gasteiger partial charge in [0.15, 0.2) is 0 Å². The van der Waals surface area contributed by atoms with Gasteiger partial charge in [-0.1, -0.05) is 44.0 Å². The summed E-state index contributed by atoms with van der Waals surface area (Å²) in [5.41, 5.74) is 0.186. The zero-order valence-electron chi connectivity index (χ0n) is 14.0. The van der Waals surface area contributed by atoms with Crippen molar-refractivity contribution in [2.24, 2.45) is 5.41 Å². The van der Waals surface area contributed by atoms with Crippen LogP contribution in [-0.2, 0) is 0 Å². The number of hydrogen-bond donors (Lipinski definition) is 2. The van der Waals surface area contributed by atoms with E-state index < -0.39 is 6.10 Å². The first-order valence-corrected chi connectivity index (χ1v) is 8.25. The van der Waals surface area contributed by atoms with Crippen LogP contribution in [0, 0.1) is 5.41 Å². The first kappa shape index (κ1) is 19.6. The van der Waals surface area contributed by atoms with Crippen molar-refractivity contribution in [3.63, 3.8) is 0 Å². The summed E-state index contributed by atoms with van der Waals surface area (Å²) in [5.74, 6) is 0.527. The SMILES string of the molecule is CC(C)(C)CC(C)(C)NC[C@H](O)COc1ccc(Cl)cc1Cl. The maximum absolute atomic E-state index is 10.1. The van der Waals surface area contributed by atoms with Crippen molar-refractivity contribution in [2.45, 2.75) is 52.7 Å². The molecule has 0 aromatic heterocycles. The zero-order valence-corrected chi connectivity index (χ0v) is 15.6. The summed E-state index contributed by atoms with van der Waals surface area (Å²) in [6.07, 6.45) is 0.405. The first-order chi connectivity index (χ1) is 9.98. The van der Waals surface area contributed by atoms with Gasteiger partial charge in [-0.05, 0) is 43.9 Å². The highest BCUT2D eigenvalue weighted by Crippen LogP contribution is 2.28. The fourth-order valence-electron chi connectivity index (χ4n) is 2.62. The topological polar surface area (TPSA) is 41.5 Å². The van der Waals surface area contributed by atoms with E-state index in [1.807, 2.05) is 0 Å². The van der Waals surface area contributed by atoms with Crippen LogP contribution in [0.2, 0.25) is 10.0 Å². The molecule has 0 aliphatic carbocycles. The number of ether oxygens (including phenoxy) is 1. The van der Waals surface area contributed by atoms with Gasteiger partial charge in [-0.3, -0.25) is 0 Å². The Hall–Kier alpha value is -0.480. The minimum Gasteiger partial charge on any atom is -0.489 e. The molecule has 5 heteroatoms. The summed E-state index contributed by atoms with van der Waals surface area (Å²) < 4.78 is 5.54. The first-order valence-electron chi connectivity index (χ1n) is 7.49. The van der Waals surface area contributed by atoms with E-state index in [0.717, 1.165) is 6.42 Å². The predicted octanol–water partition coefficient (Wildman–Crippen LogP) is 4.54. The van der Waals surface area contributed by atoms with E-state index in [2.05, 4.69) is 39.9 Å². The number of β-amino-alcohol motifs (C(OH)–C–C–N with tert-alkyl or cyclic N) is 1. The van der Waals surface area contributed by atoms with Gasteiger partial charge < -0.3 is 15.2 Å². The normalized spacial score (nSPS) is 14.0. The van der Waals surface area contributed by atoms with Gasteiger partial charge in [0.1, 0.15) is 18.5 Å². The molecule has 22 heavy (non-hydrogen) atoms. The monoisotopic (exact) mass is 347 g/mol. The number of rotatable bonds is 7. The Morgan fingerprint density at radius 2 is 1.82 bits per heavy atom. The number of aliphatic hydroxyl groups excluding tert-OH is 1. The highest BCUT2D eigenvalue weighted by atomic mass is 35.5. The van der Waals surface area contributed by atoms with Crippen molar-refractivity contribution in [3.05, 3.63) is 28.2 Å². The molecule has 3 nitrogen and oxygen atoms in total. The molecule has 126 valence electrons. The maximum Gasteiger partial charge on any atom is 0.138 e. The largest absolute Gasteiger partial charge is 0.489 e.